The first-order chi connectivity index (χ1) is 8.88. The summed E-state index contributed by atoms with van der Waals surface area (Å²) in [4.78, 5) is 10.8. The molecule has 0 saturated heterocycles. The van der Waals surface area contributed by atoms with Crippen molar-refractivity contribution in [2.45, 2.75) is 11.8 Å². The fraction of sp³-hybridized carbons (Fsp3) is 0.364. The number of carbonyl (C=O) groups excluding carboxylic acids is 1. The van der Waals surface area contributed by atoms with Crippen LogP contribution in [0.5, 0.6) is 5.75 Å². The molecule has 106 valence electrons. The third-order valence-electron chi connectivity index (χ3n) is 2.16. The minimum absolute atomic E-state index is 0.188. The number of methoxy groups -OCH3 is 1. The fourth-order valence-electron chi connectivity index (χ4n) is 1.33. The molecule has 0 saturated carbocycles. The lowest BCUT2D eigenvalue weighted by Crippen LogP contribution is -2.19. The van der Waals surface area contributed by atoms with E-state index in [2.05, 4.69) is 5.32 Å². The smallest absolute Gasteiger partial charge is 0.334 e. The number of halogens is 1. The summed E-state index contributed by atoms with van der Waals surface area (Å²) in [6.45, 7) is 1.79. The van der Waals surface area contributed by atoms with Gasteiger partial charge in [0.2, 0.25) is 5.91 Å². The predicted octanol–water partition coefficient (Wildman–Crippen LogP) is 1.33. The number of benzene rings is 1. The summed E-state index contributed by atoms with van der Waals surface area (Å²) < 4.78 is 44.7. The van der Waals surface area contributed by atoms with Gasteiger partial charge in [0, 0.05) is 12.7 Å². The lowest BCUT2D eigenvalue weighted by atomic mass is 10.3. The van der Waals surface area contributed by atoms with Crippen molar-refractivity contribution in [3.63, 3.8) is 0 Å². The van der Waals surface area contributed by atoms with Crippen molar-refractivity contribution < 1.29 is 26.6 Å². The predicted molar refractivity (Wildman–Crippen MR) is 66.4 cm³/mol. The van der Waals surface area contributed by atoms with Crippen LogP contribution in [0.4, 0.5) is 9.57 Å². The second-order valence-electron chi connectivity index (χ2n) is 3.49. The molecule has 0 atom stereocenters. The second kappa shape index (κ2) is 6.48. The van der Waals surface area contributed by atoms with Crippen molar-refractivity contribution in [3.05, 3.63) is 18.2 Å². The molecule has 0 aliphatic heterocycles. The molecule has 19 heavy (non-hydrogen) atoms. The zero-order valence-corrected chi connectivity index (χ0v) is 11.3. The average molecular weight is 291 g/mol. The summed E-state index contributed by atoms with van der Waals surface area (Å²) in [6, 6.07) is 3.52. The Labute approximate surface area is 110 Å². The Balaban J connectivity index is 3.05. The molecule has 0 heterocycles. The monoisotopic (exact) mass is 291 g/mol. The van der Waals surface area contributed by atoms with E-state index in [-0.39, 0.29) is 12.3 Å². The van der Waals surface area contributed by atoms with Gasteiger partial charge in [0.1, 0.15) is 17.3 Å². The molecule has 0 spiro atoms. The molecule has 0 unspecified atom stereocenters. The molecule has 0 radical (unpaired) electrons. The molecule has 0 fully saturated rings. The molecular weight excluding hydrogens is 277 g/mol. The molecule has 6 nitrogen and oxygen atoms in total. The van der Waals surface area contributed by atoms with Gasteiger partial charge >= 0.3 is 10.2 Å². The number of ether oxygens (including phenoxy) is 2. The zero-order chi connectivity index (χ0) is 14.5. The Morgan fingerprint density at radius 3 is 2.63 bits per heavy atom. The maximum atomic E-state index is 13.1. The maximum absolute atomic E-state index is 13.1. The van der Waals surface area contributed by atoms with Crippen LogP contribution in [0.2, 0.25) is 0 Å². The number of nitrogens with one attached hydrogen (secondary N) is 1. The SMILES string of the molecule is CCOCC(=O)Nc1cc(OC)ccc1S(=O)(=O)F. The molecule has 0 aliphatic rings. The summed E-state index contributed by atoms with van der Waals surface area (Å²) in [5, 5.41) is 2.26. The van der Waals surface area contributed by atoms with Crippen LogP contribution in [0.1, 0.15) is 6.92 Å². The minimum atomic E-state index is -4.94. The van der Waals surface area contributed by atoms with Crippen LogP contribution in [0.3, 0.4) is 0 Å². The fourth-order valence-corrected chi connectivity index (χ4v) is 1.93. The lowest BCUT2D eigenvalue weighted by Gasteiger charge is -2.10. The molecule has 1 amide bonds. The van der Waals surface area contributed by atoms with E-state index in [9.17, 15) is 17.1 Å². The first kappa shape index (κ1) is 15.4. The lowest BCUT2D eigenvalue weighted by molar-refractivity contribution is -0.120. The van der Waals surface area contributed by atoms with Crippen LogP contribution in [0.25, 0.3) is 0 Å². The molecule has 1 aromatic rings. The molecule has 1 aromatic carbocycles. The van der Waals surface area contributed by atoms with Gasteiger partial charge in [-0.2, -0.15) is 8.42 Å². The summed E-state index contributed by atoms with van der Waals surface area (Å²) in [5.74, 6) is -0.292. The second-order valence-corrected chi connectivity index (χ2v) is 4.80. The van der Waals surface area contributed by atoms with Gasteiger partial charge in [-0.3, -0.25) is 4.79 Å². The molecule has 0 bridgehead atoms. The van der Waals surface area contributed by atoms with Crippen molar-refractivity contribution in [1.82, 2.24) is 0 Å². The zero-order valence-electron chi connectivity index (χ0n) is 10.5. The quantitative estimate of drug-likeness (QED) is 0.800. The van der Waals surface area contributed by atoms with Gasteiger partial charge in [-0.25, -0.2) is 0 Å². The number of hydrogen-bond donors (Lipinski definition) is 1. The Bertz CT molecular complexity index is 558. The highest BCUT2D eigenvalue weighted by molar-refractivity contribution is 7.86. The average Bonchev–Trinajstić information content (AvgIpc) is 2.34. The van der Waals surface area contributed by atoms with E-state index in [4.69, 9.17) is 9.47 Å². The highest BCUT2D eigenvalue weighted by Gasteiger charge is 2.19. The van der Waals surface area contributed by atoms with Crippen molar-refractivity contribution in [3.8, 4) is 5.75 Å². The van der Waals surface area contributed by atoms with Crippen molar-refractivity contribution >= 4 is 21.8 Å². The van der Waals surface area contributed by atoms with Gasteiger partial charge in [-0.05, 0) is 19.1 Å². The van der Waals surface area contributed by atoms with Gasteiger partial charge in [-0.1, -0.05) is 0 Å². The van der Waals surface area contributed by atoms with Crippen LogP contribution in [0.15, 0.2) is 23.1 Å². The van der Waals surface area contributed by atoms with E-state index < -0.39 is 21.0 Å². The standard InChI is InChI=1S/C11H14FNO5S/c1-3-18-7-11(14)13-9-6-8(17-2)4-5-10(9)19(12,15)16/h4-6H,3,7H2,1-2H3,(H,13,14). The molecule has 0 aromatic heterocycles. The van der Waals surface area contributed by atoms with Crippen LogP contribution in [0, 0.1) is 0 Å². The summed E-state index contributed by atoms with van der Waals surface area (Å²) in [5.41, 5.74) is -0.188. The molecular formula is C11H14FNO5S. The minimum Gasteiger partial charge on any atom is -0.497 e. The van der Waals surface area contributed by atoms with Crippen LogP contribution < -0.4 is 10.1 Å². The largest absolute Gasteiger partial charge is 0.497 e. The normalized spacial score (nSPS) is 11.1. The van der Waals surface area contributed by atoms with E-state index in [1.807, 2.05) is 0 Å². The van der Waals surface area contributed by atoms with Crippen molar-refractivity contribution in [2.24, 2.45) is 0 Å². The molecule has 0 aliphatic carbocycles. The number of hydrogen-bond acceptors (Lipinski definition) is 5. The highest BCUT2D eigenvalue weighted by atomic mass is 32.3. The van der Waals surface area contributed by atoms with E-state index in [1.54, 1.807) is 6.92 Å². The van der Waals surface area contributed by atoms with E-state index >= 15 is 0 Å². The Morgan fingerprint density at radius 1 is 1.42 bits per heavy atom. The number of carbonyl (C=O) groups is 1. The molecule has 8 heteroatoms. The number of amides is 1. The van der Waals surface area contributed by atoms with E-state index in [1.165, 1.54) is 19.2 Å². The van der Waals surface area contributed by atoms with Crippen molar-refractivity contribution in [2.75, 3.05) is 25.6 Å². The third-order valence-corrected chi connectivity index (χ3v) is 3.04. The highest BCUT2D eigenvalue weighted by Crippen LogP contribution is 2.27. The van der Waals surface area contributed by atoms with E-state index in [0.29, 0.717) is 12.4 Å². The Hall–Kier alpha value is -1.67. The van der Waals surface area contributed by atoms with E-state index in [0.717, 1.165) is 6.07 Å². The van der Waals surface area contributed by atoms with Gasteiger partial charge in [0.05, 0.1) is 12.8 Å². The van der Waals surface area contributed by atoms with Crippen LogP contribution >= 0.6 is 0 Å². The van der Waals surface area contributed by atoms with Gasteiger partial charge in [-0.15, -0.1) is 3.89 Å². The first-order valence-electron chi connectivity index (χ1n) is 5.38. The van der Waals surface area contributed by atoms with Gasteiger partial charge in [0.15, 0.2) is 0 Å². The molecule has 1 rings (SSSR count). The maximum Gasteiger partial charge on any atom is 0.334 e. The summed E-state index contributed by atoms with van der Waals surface area (Å²) >= 11 is 0. The van der Waals surface area contributed by atoms with Crippen LogP contribution in [-0.4, -0.2) is 34.6 Å². The Kier molecular flexibility index (Phi) is 5.25. The first-order valence-corrected chi connectivity index (χ1v) is 6.77. The third kappa shape index (κ3) is 4.49. The molecule has 1 N–H and O–H groups in total. The summed E-state index contributed by atoms with van der Waals surface area (Å²) in [7, 11) is -3.57. The summed E-state index contributed by atoms with van der Waals surface area (Å²) in [6.07, 6.45) is 0. The number of rotatable bonds is 6. The van der Waals surface area contributed by atoms with Gasteiger partial charge in [0.25, 0.3) is 0 Å². The topological polar surface area (TPSA) is 81.7 Å². The van der Waals surface area contributed by atoms with Crippen LogP contribution in [-0.2, 0) is 19.8 Å². The van der Waals surface area contributed by atoms with Crippen molar-refractivity contribution in [1.29, 1.82) is 0 Å². The number of anilines is 1. The van der Waals surface area contributed by atoms with Gasteiger partial charge < -0.3 is 14.8 Å². The Morgan fingerprint density at radius 2 is 2.11 bits per heavy atom.